The largest absolute Gasteiger partial charge is 0.477 e. The van der Waals surface area contributed by atoms with Crippen LogP contribution in [0.15, 0.2) is 18.2 Å². The zero-order valence-corrected chi connectivity index (χ0v) is 10.1. The van der Waals surface area contributed by atoms with E-state index in [0.717, 1.165) is 12.1 Å². The summed E-state index contributed by atoms with van der Waals surface area (Å²) in [5.74, 6) is -2.50. The van der Waals surface area contributed by atoms with E-state index in [9.17, 15) is 19.7 Å². The molecule has 100 valence electrons. The fourth-order valence-electron chi connectivity index (χ4n) is 1.29. The number of carboxylic acid groups (broad SMARTS) is 1. The Morgan fingerprint density at radius 3 is 2.47 bits per heavy atom. The van der Waals surface area contributed by atoms with Crippen LogP contribution >= 0.6 is 12.2 Å². The number of aromatic carboxylic acids is 1. The molecule has 0 saturated carbocycles. The minimum Gasteiger partial charge on any atom is -0.477 e. The first kappa shape index (κ1) is 14.3. The van der Waals surface area contributed by atoms with Gasteiger partial charge in [0.2, 0.25) is 0 Å². The maximum atomic E-state index is 11.7. The number of hydrazine groups is 1. The number of hydrogen-bond acceptors (Lipinski definition) is 5. The van der Waals surface area contributed by atoms with Crippen LogP contribution in [0.5, 0.6) is 0 Å². The van der Waals surface area contributed by atoms with Crippen molar-refractivity contribution < 1.29 is 19.6 Å². The molecule has 5 N–H and O–H groups in total. The van der Waals surface area contributed by atoms with Gasteiger partial charge in [0.1, 0.15) is 5.56 Å². The van der Waals surface area contributed by atoms with Crippen LogP contribution in [-0.4, -0.2) is 27.0 Å². The number of carboxylic acids is 1. The Kier molecular flexibility index (Phi) is 4.32. The predicted molar refractivity (Wildman–Crippen MR) is 67.4 cm³/mol. The highest BCUT2D eigenvalue weighted by molar-refractivity contribution is 7.80. The molecule has 0 unspecified atom stereocenters. The van der Waals surface area contributed by atoms with Gasteiger partial charge in [-0.15, -0.1) is 0 Å². The van der Waals surface area contributed by atoms with Crippen molar-refractivity contribution in [1.82, 2.24) is 10.9 Å². The molecule has 0 aliphatic carbocycles. The Balaban J connectivity index is 3.23. The van der Waals surface area contributed by atoms with E-state index in [-0.39, 0.29) is 10.7 Å². The number of nitro groups is 1. The first-order valence-electron chi connectivity index (χ1n) is 4.71. The van der Waals surface area contributed by atoms with Crippen LogP contribution in [0.25, 0.3) is 0 Å². The first-order valence-corrected chi connectivity index (χ1v) is 5.12. The summed E-state index contributed by atoms with van der Waals surface area (Å²) in [5, 5.41) is 19.4. The molecule has 0 saturated heterocycles. The maximum Gasteiger partial charge on any atom is 0.343 e. The van der Waals surface area contributed by atoms with Crippen molar-refractivity contribution in [1.29, 1.82) is 0 Å². The molecule has 0 aliphatic rings. The molecule has 0 fully saturated rings. The van der Waals surface area contributed by atoms with E-state index >= 15 is 0 Å². The van der Waals surface area contributed by atoms with Crippen LogP contribution < -0.4 is 16.6 Å². The molecule has 0 spiro atoms. The lowest BCUT2D eigenvalue weighted by Crippen LogP contribution is -2.44. The number of nitrogens with zero attached hydrogens (tertiary/aromatic N) is 1. The smallest absolute Gasteiger partial charge is 0.343 e. The van der Waals surface area contributed by atoms with Crippen molar-refractivity contribution in [2.24, 2.45) is 5.73 Å². The average Bonchev–Trinajstić information content (AvgIpc) is 2.34. The van der Waals surface area contributed by atoms with Crippen LogP contribution in [0.3, 0.4) is 0 Å². The molecule has 9 nitrogen and oxygen atoms in total. The van der Waals surface area contributed by atoms with Crippen molar-refractivity contribution in [3.8, 4) is 0 Å². The Labute approximate surface area is 111 Å². The van der Waals surface area contributed by atoms with E-state index in [4.69, 9.17) is 10.8 Å². The van der Waals surface area contributed by atoms with Gasteiger partial charge in [-0.3, -0.25) is 25.8 Å². The fourth-order valence-corrected chi connectivity index (χ4v) is 1.34. The topological polar surface area (TPSA) is 148 Å². The monoisotopic (exact) mass is 284 g/mol. The standard InChI is InChI=1S/C9H8N4O5S/c10-9(19)12-11-7(14)4-2-1-3-5(13(17)18)6(4)8(15)16/h1-3H,(H,11,14)(H,15,16)(H3,10,12,19). The summed E-state index contributed by atoms with van der Waals surface area (Å²) >= 11 is 4.44. The third-order valence-electron chi connectivity index (χ3n) is 2.00. The number of carbonyl (C=O) groups is 2. The van der Waals surface area contributed by atoms with Crippen molar-refractivity contribution in [3.05, 3.63) is 39.4 Å². The zero-order chi connectivity index (χ0) is 14.6. The van der Waals surface area contributed by atoms with Gasteiger partial charge in [0.25, 0.3) is 11.6 Å². The van der Waals surface area contributed by atoms with Crippen molar-refractivity contribution in [2.75, 3.05) is 0 Å². The van der Waals surface area contributed by atoms with Crippen LogP contribution in [-0.2, 0) is 0 Å². The highest BCUT2D eigenvalue weighted by Crippen LogP contribution is 2.22. The molecule has 0 atom stereocenters. The molecule has 0 aromatic heterocycles. The number of nitrogens with one attached hydrogen (secondary N) is 2. The first-order chi connectivity index (χ1) is 8.84. The molecular formula is C9H8N4O5S. The van der Waals surface area contributed by atoms with Crippen molar-refractivity contribution >= 4 is 34.9 Å². The van der Waals surface area contributed by atoms with Gasteiger partial charge < -0.3 is 10.8 Å². The third kappa shape index (κ3) is 3.35. The molecule has 0 aliphatic heterocycles. The van der Waals surface area contributed by atoms with Gasteiger partial charge in [-0.1, -0.05) is 6.07 Å². The summed E-state index contributed by atoms with van der Waals surface area (Å²) in [6, 6.07) is 3.31. The second-order valence-electron chi connectivity index (χ2n) is 3.21. The summed E-state index contributed by atoms with van der Waals surface area (Å²) in [5.41, 5.74) is 7.42. The lowest BCUT2D eigenvalue weighted by molar-refractivity contribution is -0.385. The fraction of sp³-hybridized carbons (Fsp3) is 0. The molecule has 10 heteroatoms. The summed E-state index contributed by atoms with van der Waals surface area (Å²) in [4.78, 5) is 32.5. The Morgan fingerprint density at radius 1 is 1.37 bits per heavy atom. The van der Waals surface area contributed by atoms with Crippen LogP contribution in [0.4, 0.5) is 5.69 Å². The number of nitrogens with two attached hydrogens (primary N) is 1. The van der Waals surface area contributed by atoms with Gasteiger partial charge in [0, 0.05) is 6.07 Å². The molecule has 0 radical (unpaired) electrons. The summed E-state index contributed by atoms with van der Waals surface area (Å²) < 4.78 is 0. The number of thiocarbonyl (C=S) groups is 1. The molecule has 0 heterocycles. The zero-order valence-electron chi connectivity index (χ0n) is 9.25. The van der Waals surface area contributed by atoms with Gasteiger partial charge in [-0.25, -0.2) is 4.79 Å². The molecule has 0 bridgehead atoms. The number of nitro benzene ring substituents is 1. The third-order valence-corrected chi connectivity index (χ3v) is 2.10. The second-order valence-corrected chi connectivity index (χ2v) is 3.65. The summed E-state index contributed by atoms with van der Waals surface area (Å²) in [6.07, 6.45) is 0. The normalized spacial score (nSPS) is 9.47. The molecule has 1 amide bonds. The average molecular weight is 284 g/mol. The SMILES string of the molecule is NC(=S)NNC(=O)c1cccc([N+](=O)[O-])c1C(=O)O. The molecular weight excluding hydrogens is 276 g/mol. The highest BCUT2D eigenvalue weighted by atomic mass is 32.1. The van der Waals surface area contributed by atoms with Gasteiger partial charge >= 0.3 is 5.97 Å². The van der Waals surface area contributed by atoms with Gasteiger partial charge in [-0.05, 0) is 18.3 Å². The number of benzene rings is 1. The molecule has 19 heavy (non-hydrogen) atoms. The van der Waals surface area contributed by atoms with Gasteiger partial charge in [0.05, 0.1) is 10.5 Å². The minimum atomic E-state index is -1.59. The molecule has 1 rings (SSSR count). The van der Waals surface area contributed by atoms with E-state index < -0.39 is 28.1 Å². The molecule has 1 aromatic rings. The highest BCUT2D eigenvalue weighted by Gasteiger charge is 2.26. The quantitative estimate of drug-likeness (QED) is 0.338. The number of hydrogen-bond donors (Lipinski definition) is 4. The van der Waals surface area contributed by atoms with Gasteiger partial charge in [0.15, 0.2) is 5.11 Å². The summed E-state index contributed by atoms with van der Waals surface area (Å²) in [6.45, 7) is 0. The minimum absolute atomic E-state index is 0.240. The van der Waals surface area contributed by atoms with E-state index in [1.807, 2.05) is 5.43 Å². The van der Waals surface area contributed by atoms with Crippen molar-refractivity contribution in [3.63, 3.8) is 0 Å². The number of amides is 1. The number of carbonyl (C=O) groups excluding carboxylic acids is 1. The van der Waals surface area contributed by atoms with Crippen LogP contribution in [0.2, 0.25) is 0 Å². The van der Waals surface area contributed by atoms with Gasteiger partial charge in [-0.2, -0.15) is 0 Å². The van der Waals surface area contributed by atoms with E-state index in [0.29, 0.717) is 0 Å². The van der Waals surface area contributed by atoms with Crippen LogP contribution in [0.1, 0.15) is 20.7 Å². The Morgan fingerprint density at radius 2 is 2.00 bits per heavy atom. The van der Waals surface area contributed by atoms with E-state index in [2.05, 4.69) is 17.6 Å². The number of rotatable bonds is 3. The second kappa shape index (κ2) is 5.73. The van der Waals surface area contributed by atoms with Crippen LogP contribution in [0, 0.1) is 10.1 Å². The lowest BCUT2D eigenvalue weighted by atomic mass is 10.1. The van der Waals surface area contributed by atoms with E-state index in [1.165, 1.54) is 6.07 Å². The Hall–Kier alpha value is -2.75. The van der Waals surface area contributed by atoms with E-state index in [1.54, 1.807) is 0 Å². The lowest BCUT2D eigenvalue weighted by Gasteiger charge is -2.08. The predicted octanol–water partition coefficient (Wildman–Crippen LogP) is -0.229. The molecule has 1 aromatic carbocycles. The van der Waals surface area contributed by atoms with Crippen molar-refractivity contribution in [2.45, 2.75) is 0 Å². The summed E-state index contributed by atoms with van der Waals surface area (Å²) in [7, 11) is 0. The maximum absolute atomic E-state index is 11.7. The Bertz CT molecular complexity index is 574.